The van der Waals surface area contributed by atoms with Gasteiger partial charge in [0, 0.05) is 11.9 Å². The number of rotatable bonds is 9. The van der Waals surface area contributed by atoms with Crippen molar-refractivity contribution in [1.29, 1.82) is 0 Å². The molecule has 106 valence electrons. The summed E-state index contributed by atoms with van der Waals surface area (Å²) in [6.45, 7) is 1.42. The van der Waals surface area contributed by atoms with Gasteiger partial charge in [0.1, 0.15) is 0 Å². The van der Waals surface area contributed by atoms with Gasteiger partial charge in [-0.05, 0) is 30.4 Å². The Labute approximate surface area is 121 Å². The fourth-order valence-electron chi connectivity index (χ4n) is 1.60. The van der Waals surface area contributed by atoms with Gasteiger partial charge in [-0.25, -0.2) is 4.79 Å². The van der Waals surface area contributed by atoms with Gasteiger partial charge in [-0.1, -0.05) is 40.2 Å². The first-order valence-electron chi connectivity index (χ1n) is 6.28. The number of aliphatic hydroxyl groups is 1. The van der Waals surface area contributed by atoms with Crippen molar-refractivity contribution in [2.75, 3.05) is 18.5 Å². The number of alkyl halides is 1. The highest BCUT2D eigenvalue weighted by atomic mass is 79.9. The molecule has 2 N–H and O–H groups in total. The fraction of sp³-hybridized carbons (Fsp3) is 0.500. The van der Waals surface area contributed by atoms with Crippen molar-refractivity contribution >= 4 is 21.9 Å². The highest BCUT2D eigenvalue weighted by Gasteiger charge is 2.14. The molecule has 0 radical (unpaired) electrons. The van der Waals surface area contributed by atoms with E-state index in [1.807, 2.05) is 12.1 Å². The van der Waals surface area contributed by atoms with E-state index in [0.717, 1.165) is 36.8 Å². The van der Waals surface area contributed by atoms with Crippen molar-refractivity contribution < 1.29 is 19.7 Å². The zero-order valence-corrected chi connectivity index (χ0v) is 12.3. The van der Waals surface area contributed by atoms with Crippen LogP contribution in [0.15, 0.2) is 24.3 Å². The van der Waals surface area contributed by atoms with Crippen molar-refractivity contribution in [2.24, 2.45) is 0 Å². The molecule has 4 nitrogen and oxygen atoms in total. The lowest BCUT2D eigenvalue weighted by Gasteiger charge is -2.07. The van der Waals surface area contributed by atoms with Crippen LogP contribution >= 0.6 is 15.9 Å². The number of carboxylic acid groups (broad SMARTS) is 1. The van der Waals surface area contributed by atoms with Crippen LogP contribution in [0.5, 0.6) is 0 Å². The second-order valence-corrected chi connectivity index (χ2v) is 5.03. The molecule has 0 amide bonds. The maximum absolute atomic E-state index is 10.6. The van der Waals surface area contributed by atoms with E-state index in [0.29, 0.717) is 12.2 Å². The van der Waals surface area contributed by atoms with Crippen molar-refractivity contribution in [2.45, 2.75) is 25.4 Å². The number of benzene rings is 1. The highest BCUT2D eigenvalue weighted by molar-refractivity contribution is 9.09. The topological polar surface area (TPSA) is 66.8 Å². The quantitative estimate of drug-likeness (QED) is 0.539. The van der Waals surface area contributed by atoms with Gasteiger partial charge in [-0.3, -0.25) is 0 Å². The maximum Gasteiger partial charge on any atom is 0.337 e. The summed E-state index contributed by atoms with van der Waals surface area (Å²) in [6.07, 6.45) is 1.50. The van der Waals surface area contributed by atoms with E-state index in [4.69, 9.17) is 9.84 Å². The van der Waals surface area contributed by atoms with Crippen LogP contribution in [0.1, 0.15) is 30.1 Å². The van der Waals surface area contributed by atoms with Crippen LogP contribution in [-0.4, -0.2) is 34.7 Å². The smallest absolute Gasteiger partial charge is 0.337 e. The van der Waals surface area contributed by atoms with Gasteiger partial charge in [0.2, 0.25) is 0 Å². The number of aliphatic carboxylic acids is 1. The van der Waals surface area contributed by atoms with Gasteiger partial charge < -0.3 is 14.9 Å². The summed E-state index contributed by atoms with van der Waals surface area (Å²) in [5, 5.41) is 19.0. The molecule has 0 aliphatic heterocycles. The molecule has 0 saturated heterocycles. The number of ether oxygens (including phenoxy) is 1. The van der Waals surface area contributed by atoms with Gasteiger partial charge in [0.15, 0.2) is 6.10 Å². The van der Waals surface area contributed by atoms with E-state index in [1.165, 1.54) is 0 Å². The number of aliphatic hydroxyl groups excluding tert-OH is 1. The number of hydrogen-bond donors (Lipinski definition) is 2. The molecule has 1 aromatic carbocycles. The molecule has 1 rings (SSSR count). The van der Waals surface area contributed by atoms with Crippen molar-refractivity contribution in [3.63, 3.8) is 0 Å². The van der Waals surface area contributed by atoms with E-state index < -0.39 is 12.1 Å². The van der Waals surface area contributed by atoms with Crippen molar-refractivity contribution in [3.05, 3.63) is 35.4 Å². The Bertz CT molecular complexity index is 378. The van der Waals surface area contributed by atoms with Crippen LogP contribution in [0.2, 0.25) is 0 Å². The average molecular weight is 331 g/mol. The highest BCUT2D eigenvalue weighted by Crippen LogP contribution is 2.14. The van der Waals surface area contributed by atoms with Crippen LogP contribution < -0.4 is 0 Å². The summed E-state index contributed by atoms with van der Waals surface area (Å²) in [4.78, 5) is 10.6. The first-order valence-corrected chi connectivity index (χ1v) is 7.40. The van der Waals surface area contributed by atoms with Crippen LogP contribution in [0.3, 0.4) is 0 Å². The van der Waals surface area contributed by atoms with E-state index in [9.17, 15) is 9.90 Å². The average Bonchev–Trinajstić information content (AvgIpc) is 2.42. The van der Waals surface area contributed by atoms with Crippen LogP contribution in [0, 0.1) is 0 Å². The molecule has 1 aromatic rings. The van der Waals surface area contributed by atoms with E-state index in [-0.39, 0.29) is 0 Å². The minimum absolute atomic E-state index is 0.398. The Morgan fingerprint density at radius 2 is 1.89 bits per heavy atom. The molecule has 0 saturated carbocycles. The number of hydrogen-bond acceptors (Lipinski definition) is 3. The second-order valence-electron chi connectivity index (χ2n) is 4.24. The van der Waals surface area contributed by atoms with Crippen LogP contribution in [-0.2, 0) is 16.0 Å². The lowest BCUT2D eigenvalue weighted by Crippen LogP contribution is -2.10. The monoisotopic (exact) mass is 330 g/mol. The molecule has 0 unspecified atom stereocenters. The van der Waals surface area contributed by atoms with E-state index in [1.54, 1.807) is 12.1 Å². The van der Waals surface area contributed by atoms with Gasteiger partial charge in [-0.15, -0.1) is 0 Å². The zero-order chi connectivity index (χ0) is 14.1. The molecule has 1 atom stereocenters. The second kappa shape index (κ2) is 9.07. The summed E-state index contributed by atoms with van der Waals surface area (Å²) >= 11 is 3.37. The number of unbranched alkanes of at least 4 members (excludes halogenated alkanes) is 1. The molecule has 0 aromatic heterocycles. The molecule has 0 fully saturated rings. The summed E-state index contributed by atoms with van der Waals surface area (Å²) in [6, 6.07) is 6.92. The molecule has 19 heavy (non-hydrogen) atoms. The predicted molar refractivity (Wildman–Crippen MR) is 76.6 cm³/mol. The van der Waals surface area contributed by atoms with E-state index in [2.05, 4.69) is 15.9 Å². The van der Waals surface area contributed by atoms with Gasteiger partial charge in [-0.2, -0.15) is 0 Å². The van der Waals surface area contributed by atoms with E-state index >= 15 is 0 Å². The largest absolute Gasteiger partial charge is 0.479 e. The molecule has 0 bridgehead atoms. The van der Waals surface area contributed by atoms with Gasteiger partial charge in [0.25, 0.3) is 0 Å². The summed E-state index contributed by atoms with van der Waals surface area (Å²) in [5.74, 6) is -1.23. The normalized spacial score (nSPS) is 12.3. The van der Waals surface area contributed by atoms with Crippen molar-refractivity contribution in [3.8, 4) is 0 Å². The Morgan fingerprint density at radius 1 is 1.21 bits per heavy atom. The third-order valence-electron chi connectivity index (χ3n) is 2.74. The van der Waals surface area contributed by atoms with Crippen LogP contribution in [0.25, 0.3) is 0 Å². The zero-order valence-electron chi connectivity index (χ0n) is 10.7. The minimum Gasteiger partial charge on any atom is -0.479 e. The maximum atomic E-state index is 10.6. The Morgan fingerprint density at radius 3 is 2.47 bits per heavy atom. The van der Waals surface area contributed by atoms with Crippen LogP contribution in [0.4, 0.5) is 0 Å². The SMILES string of the molecule is O=C(O)[C@H](O)c1ccc(CCOCCCCBr)cc1. The minimum atomic E-state index is -1.45. The molecule has 0 heterocycles. The molecule has 5 heteroatoms. The number of carbonyl (C=O) groups is 1. The number of halogens is 1. The lowest BCUT2D eigenvalue weighted by molar-refractivity contribution is -0.146. The molecule has 0 aliphatic rings. The number of carboxylic acids is 1. The predicted octanol–water partition coefficient (Wildman–Crippen LogP) is 2.54. The lowest BCUT2D eigenvalue weighted by atomic mass is 10.1. The standard InChI is InChI=1S/C14H19BrO4/c15-8-1-2-9-19-10-7-11-3-5-12(6-4-11)13(16)14(17)18/h3-6,13,16H,1-2,7-10H2,(H,17,18)/t13-/m1/s1. The summed E-state index contributed by atoms with van der Waals surface area (Å²) in [7, 11) is 0. The third kappa shape index (κ3) is 6.18. The summed E-state index contributed by atoms with van der Waals surface area (Å²) < 4.78 is 5.49. The molecule has 0 aliphatic carbocycles. The molecule has 0 spiro atoms. The Hall–Kier alpha value is -0.910. The summed E-state index contributed by atoms with van der Waals surface area (Å²) in [5.41, 5.74) is 1.47. The fourth-order valence-corrected chi connectivity index (χ4v) is 2.00. The Balaban J connectivity index is 2.30. The van der Waals surface area contributed by atoms with Gasteiger partial charge >= 0.3 is 5.97 Å². The Kier molecular flexibility index (Phi) is 7.70. The molecular formula is C14H19BrO4. The third-order valence-corrected chi connectivity index (χ3v) is 3.30. The van der Waals surface area contributed by atoms with Gasteiger partial charge in [0.05, 0.1) is 6.61 Å². The first kappa shape index (κ1) is 16.1. The first-order chi connectivity index (χ1) is 9.15. The van der Waals surface area contributed by atoms with Crippen molar-refractivity contribution in [1.82, 2.24) is 0 Å². The molecular weight excluding hydrogens is 312 g/mol.